The number of carbonyl (C=O) groups is 1. The molecule has 1 aromatic heterocycles. The lowest BCUT2D eigenvalue weighted by atomic mass is 10.1. The number of hydrogen-bond acceptors (Lipinski definition) is 5. The zero-order valence-electron chi connectivity index (χ0n) is 15.4. The third-order valence-electron chi connectivity index (χ3n) is 4.54. The van der Waals surface area contributed by atoms with Crippen LogP contribution in [-0.4, -0.2) is 20.4 Å². The first-order chi connectivity index (χ1) is 14.1. The number of thioether (sulfide) groups is 1. The molecule has 0 radical (unpaired) electrons. The summed E-state index contributed by atoms with van der Waals surface area (Å²) < 4.78 is 24.8. The van der Waals surface area contributed by atoms with Crippen LogP contribution in [0.5, 0.6) is 5.75 Å². The highest BCUT2D eigenvalue weighted by Gasteiger charge is 2.37. The van der Waals surface area contributed by atoms with Gasteiger partial charge in [-0.2, -0.15) is 0 Å². The molecule has 0 saturated carbocycles. The predicted octanol–water partition coefficient (Wildman–Crippen LogP) is 4.97. The molecule has 2 heterocycles. The summed E-state index contributed by atoms with van der Waals surface area (Å²) in [6.07, 6.45) is 2.17. The Kier molecular flexibility index (Phi) is 5.97. The van der Waals surface area contributed by atoms with E-state index in [-0.39, 0.29) is 17.0 Å². The zero-order chi connectivity index (χ0) is 20.2. The van der Waals surface area contributed by atoms with Crippen molar-refractivity contribution >= 4 is 34.2 Å². The summed E-state index contributed by atoms with van der Waals surface area (Å²) >= 11 is 6.79. The van der Waals surface area contributed by atoms with Crippen LogP contribution in [0.3, 0.4) is 0 Å². The van der Waals surface area contributed by atoms with Crippen LogP contribution in [0.15, 0.2) is 71.3 Å². The van der Waals surface area contributed by atoms with Gasteiger partial charge in [0.1, 0.15) is 28.3 Å². The Labute approximate surface area is 177 Å². The number of rotatable bonds is 7. The number of thiocarbonyl (C=S) groups is 1. The molecule has 4 nitrogen and oxygen atoms in total. The van der Waals surface area contributed by atoms with Crippen molar-refractivity contribution in [3.8, 4) is 5.75 Å². The summed E-state index contributed by atoms with van der Waals surface area (Å²) in [7, 11) is 0. The van der Waals surface area contributed by atoms with Crippen LogP contribution in [0.25, 0.3) is 0 Å². The van der Waals surface area contributed by atoms with E-state index in [0.29, 0.717) is 35.4 Å². The van der Waals surface area contributed by atoms with Gasteiger partial charge in [-0.05, 0) is 53.9 Å². The topological polar surface area (TPSA) is 42.7 Å². The Morgan fingerprint density at radius 1 is 1.10 bits per heavy atom. The molecule has 1 amide bonds. The van der Waals surface area contributed by atoms with Gasteiger partial charge in [0, 0.05) is 0 Å². The normalized spacial score (nSPS) is 16.4. The van der Waals surface area contributed by atoms with E-state index in [1.165, 1.54) is 23.9 Å². The highest BCUT2D eigenvalue weighted by atomic mass is 32.2. The van der Waals surface area contributed by atoms with Crippen molar-refractivity contribution in [2.45, 2.75) is 24.8 Å². The highest BCUT2D eigenvalue weighted by molar-refractivity contribution is 8.24. The van der Waals surface area contributed by atoms with Crippen molar-refractivity contribution < 1.29 is 18.3 Å². The smallest absolute Gasteiger partial charge is 0.242 e. The van der Waals surface area contributed by atoms with Gasteiger partial charge in [-0.25, -0.2) is 4.39 Å². The molecule has 0 bridgehead atoms. The number of hydrogen-bond donors (Lipinski definition) is 0. The molecule has 0 spiro atoms. The molecular formula is C22H18FNO3S2. The second kappa shape index (κ2) is 8.80. The molecule has 29 heavy (non-hydrogen) atoms. The van der Waals surface area contributed by atoms with Gasteiger partial charge in [-0.15, -0.1) is 0 Å². The lowest BCUT2D eigenvalue weighted by Crippen LogP contribution is -2.31. The molecule has 1 aliphatic heterocycles. The number of nitrogens with zero attached hydrogens (tertiary/aromatic N) is 1. The third kappa shape index (κ3) is 4.86. The summed E-state index contributed by atoms with van der Waals surface area (Å²) in [4.78, 5) is 14.3. The van der Waals surface area contributed by atoms with Gasteiger partial charge in [-0.3, -0.25) is 9.69 Å². The molecule has 3 aromatic rings. The monoisotopic (exact) mass is 427 g/mol. The van der Waals surface area contributed by atoms with Crippen LogP contribution in [0, 0.1) is 5.82 Å². The van der Waals surface area contributed by atoms with Crippen LogP contribution in [0.2, 0.25) is 0 Å². The van der Waals surface area contributed by atoms with Gasteiger partial charge in [0.2, 0.25) is 5.91 Å². The third-order valence-corrected chi connectivity index (χ3v) is 6.12. The Hall–Kier alpha value is -2.64. The predicted molar refractivity (Wildman–Crippen MR) is 114 cm³/mol. The van der Waals surface area contributed by atoms with E-state index in [4.69, 9.17) is 21.4 Å². The largest absolute Gasteiger partial charge is 0.489 e. The molecule has 2 aromatic carbocycles. The molecule has 7 heteroatoms. The van der Waals surface area contributed by atoms with E-state index >= 15 is 0 Å². The molecule has 1 saturated heterocycles. The van der Waals surface area contributed by atoms with E-state index < -0.39 is 0 Å². The van der Waals surface area contributed by atoms with Crippen molar-refractivity contribution in [1.82, 2.24) is 4.90 Å². The lowest BCUT2D eigenvalue weighted by Gasteiger charge is -2.14. The average molecular weight is 428 g/mol. The van der Waals surface area contributed by atoms with Gasteiger partial charge >= 0.3 is 0 Å². The molecular weight excluding hydrogens is 409 g/mol. The summed E-state index contributed by atoms with van der Waals surface area (Å²) in [5.74, 6) is 1.13. The van der Waals surface area contributed by atoms with Gasteiger partial charge in [0.25, 0.3) is 0 Å². The van der Waals surface area contributed by atoms with Gasteiger partial charge in [0.15, 0.2) is 0 Å². The highest BCUT2D eigenvalue weighted by Crippen LogP contribution is 2.31. The summed E-state index contributed by atoms with van der Waals surface area (Å²) in [5.41, 5.74) is 1.80. The quantitative estimate of drug-likeness (QED) is 0.498. The van der Waals surface area contributed by atoms with Crippen LogP contribution in [0.1, 0.15) is 16.9 Å². The minimum Gasteiger partial charge on any atom is -0.489 e. The Bertz CT molecular complexity index is 1010. The Morgan fingerprint density at radius 2 is 1.93 bits per heavy atom. The first-order valence-corrected chi connectivity index (χ1v) is 10.4. The lowest BCUT2D eigenvalue weighted by molar-refractivity contribution is -0.126. The van der Waals surface area contributed by atoms with Crippen LogP contribution in [0.4, 0.5) is 4.39 Å². The number of furan rings is 1. The fourth-order valence-corrected chi connectivity index (χ4v) is 4.59. The van der Waals surface area contributed by atoms with Crippen molar-refractivity contribution in [2.24, 2.45) is 0 Å². The number of amides is 1. The molecule has 0 unspecified atom stereocenters. The van der Waals surface area contributed by atoms with Gasteiger partial charge in [-0.1, -0.05) is 48.2 Å². The van der Waals surface area contributed by atoms with Crippen molar-refractivity contribution in [3.05, 3.63) is 89.6 Å². The number of halogens is 1. The molecule has 1 fully saturated rings. The summed E-state index contributed by atoms with van der Waals surface area (Å²) in [5, 5.41) is -0.239. The van der Waals surface area contributed by atoms with Crippen molar-refractivity contribution in [3.63, 3.8) is 0 Å². The molecule has 0 aliphatic carbocycles. The van der Waals surface area contributed by atoms with Crippen molar-refractivity contribution in [2.75, 3.05) is 0 Å². The van der Waals surface area contributed by atoms with E-state index in [1.54, 1.807) is 23.3 Å². The van der Waals surface area contributed by atoms with Crippen LogP contribution < -0.4 is 4.74 Å². The van der Waals surface area contributed by atoms with E-state index in [1.807, 2.05) is 36.4 Å². The maximum atomic E-state index is 13.2. The minimum absolute atomic E-state index is 0.00262. The second-order valence-electron chi connectivity index (χ2n) is 6.64. The number of carbonyl (C=O) groups excluding carboxylic acids is 1. The van der Waals surface area contributed by atoms with Crippen LogP contribution >= 0.6 is 24.0 Å². The fraction of sp³-hybridized carbons (Fsp3) is 0.182. The fourth-order valence-electron chi connectivity index (χ4n) is 3.06. The SMILES string of the molecule is O=C1[C@@H](Cc2ccc(OCc3cccc(F)c3)cc2)SC(=S)N1Cc1ccco1. The molecule has 0 N–H and O–H groups in total. The van der Waals surface area contributed by atoms with E-state index in [0.717, 1.165) is 11.1 Å². The van der Waals surface area contributed by atoms with E-state index in [2.05, 4.69) is 0 Å². The first-order valence-electron chi connectivity index (χ1n) is 9.09. The number of benzene rings is 2. The summed E-state index contributed by atoms with van der Waals surface area (Å²) in [6, 6.07) is 17.6. The van der Waals surface area contributed by atoms with Crippen LogP contribution in [-0.2, 0) is 24.4 Å². The molecule has 1 aliphatic rings. The van der Waals surface area contributed by atoms with Crippen molar-refractivity contribution in [1.29, 1.82) is 0 Å². The average Bonchev–Trinajstić information content (AvgIpc) is 3.32. The first kappa shape index (κ1) is 19.7. The molecule has 1 atom stereocenters. The van der Waals surface area contributed by atoms with Gasteiger partial charge in [0.05, 0.1) is 18.1 Å². The Morgan fingerprint density at radius 3 is 2.66 bits per heavy atom. The summed E-state index contributed by atoms with van der Waals surface area (Å²) in [6.45, 7) is 0.658. The maximum absolute atomic E-state index is 13.2. The standard InChI is InChI=1S/C22H18FNO3S2/c23-17-4-1-3-16(11-17)14-27-18-8-6-15(7-9-18)12-20-21(25)24(22(28)29-20)13-19-5-2-10-26-19/h1-11,20H,12-14H2/t20-/m1/s1. The zero-order valence-corrected chi connectivity index (χ0v) is 17.0. The van der Waals surface area contributed by atoms with E-state index in [9.17, 15) is 9.18 Å². The van der Waals surface area contributed by atoms with Gasteiger partial charge < -0.3 is 9.15 Å². The molecule has 148 valence electrons. The maximum Gasteiger partial charge on any atom is 0.242 e. The Balaban J connectivity index is 1.33. The molecule has 4 rings (SSSR count). The second-order valence-corrected chi connectivity index (χ2v) is 8.48. The minimum atomic E-state index is -0.279. The number of ether oxygens (including phenoxy) is 1.